The van der Waals surface area contributed by atoms with Crippen LogP contribution in [0.1, 0.15) is 41.2 Å². The first-order valence-corrected chi connectivity index (χ1v) is 8.23. The van der Waals surface area contributed by atoms with Crippen LogP contribution in [-0.4, -0.2) is 17.7 Å². The van der Waals surface area contributed by atoms with Gasteiger partial charge in [-0.05, 0) is 25.0 Å². The number of rotatable bonds is 5. The fraction of sp³-hybridized carbons (Fsp3) is 0.375. The first-order valence-electron chi connectivity index (χ1n) is 7.41. The van der Waals surface area contributed by atoms with E-state index >= 15 is 0 Å². The van der Waals surface area contributed by atoms with Crippen molar-refractivity contribution in [3.05, 3.63) is 34.3 Å². The molecule has 1 amide bonds. The van der Waals surface area contributed by atoms with Gasteiger partial charge < -0.3 is 9.47 Å². The second-order valence-electron chi connectivity index (χ2n) is 4.99. The zero-order valence-corrected chi connectivity index (χ0v) is 13.5. The monoisotopic (exact) mass is 318 g/mol. The van der Waals surface area contributed by atoms with Gasteiger partial charge in [0.15, 0.2) is 16.6 Å². The third-order valence-electron chi connectivity index (χ3n) is 3.45. The molecule has 22 heavy (non-hydrogen) atoms. The first-order chi connectivity index (χ1) is 10.7. The number of fused-ring (bicyclic) bond motifs is 1. The highest BCUT2D eigenvalue weighted by molar-refractivity contribution is 7.15. The molecule has 0 saturated carbocycles. The number of aromatic nitrogens is 1. The summed E-state index contributed by atoms with van der Waals surface area (Å²) in [7, 11) is 0. The minimum absolute atomic E-state index is 0.150. The van der Waals surface area contributed by atoms with E-state index in [1.165, 1.54) is 4.88 Å². The summed E-state index contributed by atoms with van der Waals surface area (Å²) in [6.07, 6.45) is 2.91. The summed E-state index contributed by atoms with van der Waals surface area (Å²) in [4.78, 5) is 18.2. The molecule has 2 aromatic rings. The van der Waals surface area contributed by atoms with Crippen molar-refractivity contribution in [3.63, 3.8) is 0 Å². The van der Waals surface area contributed by atoms with Crippen molar-refractivity contribution >= 4 is 22.4 Å². The summed E-state index contributed by atoms with van der Waals surface area (Å²) >= 11 is 1.54. The van der Waals surface area contributed by atoms with Crippen molar-refractivity contribution in [1.82, 2.24) is 4.98 Å². The van der Waals surface area contributed by atoms with Crippen LogP contribution in [0.15, 0.2) is 18.2 Å². The maximum Gasteiger partial charge on any atom is 0.261 e. The molecular weight excluding hydrogens is 300 g/mol. The van der Waals surface area contributed by atoms with E-state index in [0.29, 0.717) is 22.2 Å². The number of para-hydroxylation sites is 1. The third kappa shape index (κ3) is 2.78. The molecule has 0 radical (unpaired) electrons. The van der Waals surface area contributed by atoms with Crippen LogP contribution in [0.5, 0.6) is 11.5 Å². The second kappa shape index (κ2) is 6.36. The van der Waals surface area contributed by atoms with Gasteiger partial charge in [0, 0.05) is 4.88 Å². The largest absolute Gasteiger partial charge is 0.454 e. The standard InChI is InChI=1S/C16H18N2O3S/c1-3-6-11-13(4-2)22-16(17-11)18-15(19)10-7-5-8-12-14(10)21-9-20-12/h5,7-8H,3-4,6,9H2,1-2H3,(H,17,18,19). The fourth-order valence-electron chi connectivity index (χ4n) is 2.42. The maximum atomic E-state index is 12.5. The molecule has 3 rings (SSSR count). The van der Waals surface area contributed by atoms with E-state index in [9.17, 15) is 4.79 Å². The van der Waals surface area contributed by atoms with Gasteiger partial charge in [-0.3, -0.25) is 10.1 Å². The number of anilines is 1. The van der Waals surface area contributed by atoms with Crippen molar-refractivity contribution in [1.29, 1.82) is 0 Å². The molecule has 1 aromatic heterocycles. The molecule has 0 unspecified atom stereocenters. The minimum Gasteiger partial charge on any atom is -0.454 e. The Morgan fingerprint density at radius 3 is 3.00 bits per heavy atom. The van der Waals surface area contributed by atoms with Gasteiger partial charge in [-0.25, -0.2) is 4.98 Å². The molecule has 0 fully saturated rings. The molecule has 0 spiro atoms. The van der Waals surface area contributed by atoms with E-state index in [0.717, 1.165) is 25.0 Å². The molecule has 0 aliphatic carbocycles. The van der Waals surface area contributed by atoms with Crippen LogP contribution >= 0.6 is 11.3 Å². The lowest BCUT2D eigenvalue weighted by Crippen LogP contribution is -2.12. The van der Waals surface area contributed by atoms with Crippen LogP contribution < -0.4 is 14.8 Å². The van der Waals surface area contributed by atoms with Gasteiger partial charge in [-0.2, -0.15) is 0 Å². The Morgan fingerprint density at radius 1 is 1.36 bits per heavy atom. The number of hydrogen-bond acceptors (Lipinski definition) is 5. The van der Waals surface area contributed by atoms with Crippen LogP contribution in [0.3, 0.4) is 0 Å². The molecule has 0 atom stereocenters. The average Bonchev–Trinajstić information content (AvgIpc) is 3.13. The predicted molar refractivity (Wildman–Crippen MR) is 86.0 cm³/mol. The SMILES string of the molecule is CCCc1nc(NC(=O)c2cccc3c2OCO3)sc1CC. The zero-order valence-electron chi connectivity index (χ0n) is 12.6. The summed E-state index contributed by atoms with van der Waals surface area (Å²) < 4.78 is 10.7. The van der Waals surface area contributed by atoms with Crippen molar-refractivity contribution in [2.45, 2.75) is 33.1 Å². The van der Waals surface area contributed by atoms with Crippen molar-refractivity contribution in [2.75, 3.05) is 12.1 Å². The molecular formula is C16H18N2O3S. The Labute approximate surface area is 133 Å². The first kappa shape index (κ1) is 14.8. The van der Waals surface area contributed by atoms with E-state index in [1.807, 2.05) is 0 Å². The number of amides is 1. The Balaban J connectivity index is 1.82. The molecule has 5 nitrogen and oxygen atoms in total. The molecule has 0 saturated heterocycles. The average molecular weight is 318 g/mol. The Hall–Kier alpha value is -2.08. The number of carbonyl (C=O) groups is 1. The highest BCUT2D eigenvalue weighted by Gasteiger charge is 2.22. The van der Waals surface area contributed by atoms with Crippen molar-refractivity contribution < 1.29 is 14.3 Å². The van der Waals surface area contributed by atoms with Crippen LogP contribution in [-0.2, 0) is 12.8 Å². The van der Waals surface area contributed by atoms with Crippen molar-refractivity contribution in [2.24, 2.45) is 0 Å². The third-order valence-corrected chi connectivity index (χ3v) is 4.61. The van der Waals surface area contributed by atoms with Crippen LogP contribution in [0.25, 0.3) is 0 Å². The Kier molecular flexibility index (Phi) is 4.29. The van der Waals surface area contributed by atoms with Gasteiger partial charge in [-0.1, -0.05) is 26.3 Å². The lowest BCUT2D eigenvalue weighted by atomic mass is 10.2. The van der Waals surface area contributed by atoms with Gasteiger partial charge >= 0.3 is 0 Å². The normalized spacial score (nSPS) is 12.5. The van der Waals surface area contributed by atoms with E-state index in [-0.39, 0.29) is 12.7 Å². The Morgan fingerprint density at radius 2 is 2.23 bits per heavy atom. The molecule has 1 aliphatic rings. The number of aryl methyl sites for hydroxylation is 2. The summed E-state index contributed by atoms with van der Waals surface area (Å²) in [5.41, 5.74) is 1.56. The lowest BCUT2D eigenvalue weighted by molar-refractivity contribution is 0.102. The fourth-order valence-corrected chi connectivity index (χ4v) is 3.36. The molecule has 116 valence electrons. The van der Waals surface area contributed by atoms with E-state index < -0.39 is 0 Å². The highest BCUT2D eigenvalue weighted by atomic mass is 32.1. The predicted octanol–water partition coefficient (Wildman–Crippen LogP) is 3.64. The number of nitrogens with zero attached hydrogens (tertiary/aromatic N) is 1. The second-order valence-corrected chi connectivity index (χ2v) is 6.07. The van der Waals surface area contributed by atoms with Gasteiger partial charge in [-0.15, -0.1) is 11.3 Å². The van der Waals surface area contributed by atoms with Crippen LogP contribution in [0.2, 0.25) is 0 Å². The highest BCUT2D eigenvalue weighted by Crippen LogP contribution is 2.36. The molecule has 2 heterocycles. The van der Waals surface area contributed by atoms with E-state index in [1.54, 1.807) is 29.5 Å². The number of carbonyl (C=O) groups excluding carboxylic acids is 1. The zero-order chi connectivity index (χ0) is 15.5. The Bertz CT molecular complexity index is 697. The van der Waals surface area contributed by atoms with Crippen LogP contribution in [0.4, 0.5) is 5.13 Å². The summed E-state index contributed by atoms with van der Waals surface area (Å²) in [5.74, 6) is 0.885. The number of hydrogen-bond donors (Lipinski definition) is 1. The van der Waals surface area contributed by atoms with E-state index in [2.05, 4.69) is 24.1 Å². The summed E-state index contributed by atoms with van der Waals surface area (Å²) in [6.45, 7) is 4.38. The van der Waals surface area contributed by atoms with E-state index in [4.69, 9.17) is 9.47 Å². The summed E-state index contributed by atoms with van der Waals surface area (Å²) in [5, 5.41) is 3.51. The lowest BCUT2D eigenvalue weighted by Gasteiger charge is -2.05. The molecule has 1 aliphatic heterocycles. The molecule has 1 N–H and O–H groups in total. The number of thiazole rings is 1. The quantitative estimate of drug-likeness (QED) is 0.914. The smallest absolute Gasteiger partial charge is 0.261 e. The molecule has 6 heteroatoms. The number of benzene rings is 1. The van der Waals surface area contributed by atoms with Crippen LogP contribution in [0, 0.1) is 0 Å². The topological polar surface area (TPSA) is 60.5 Å². The number of nitrogens with one attached hydrogen (secondary N) is 1. The minimum atomic E-state index is -0.221. The van der Waals surface area contributed by atoms with Gasteiger partial charge in [0.1, 0.15) is 0 Å². The number of ether oxygens (including phenoxy) is 2. The summed E-state index contributed by atoms with van der Waals surface area (Å²) in [6, 6.07) is 5.30. The molecule has 1 aromatic carbocycles. The van der Waals surface area contributed by atoms with Crippen molar-refractivity contribution in [3.8, 4) is 11.5 Å². The van der Waals surface area contributed by atoms with Gasteiger partial charge in [0.25, 0.3) is 5.91 Å². The van der Waals surface area contributed by atoms with Gasteiger partial charge in [0.2, 0.25) is 6.79 Å². The van der Waals surface area contributed by atoms with Gasteiger partial charge in [0.05, 0.1) is 11.3 Å². The molecule has 0 bridgehead atoms. The maximum absolute atomic E-state index is 12.5.